The molecule has 1 heterocycles. The van der Waals surface area contributed by atoms with Crippen LogP contribution >= 0.6 is 0 Å². The number of hydrogen-bond donors (Lipinski definition) is 1. The summed E-state index contributed by atoms with van der Waals surface area (Å²) in [6.45, 7) is 2.17. The molecule has 2 aromatic rings. The van der Waals surface area contributed by atoms with Gasteiger partial charge in [0.1, 0.15) is 0 Å². The summed E-state index contributed by atoms with van der Waals surface area (Å²) in [6.07, 6.45) is 3.16. The first-order chi connectivity index (χ1) is 9.59. The molecule has 6 heteroatoms. The van der Waals surface area contributed by atoms with Gasteiger partial charge in [0.25, 0.3) is 10.0 Å². The Morgan fingerprint density at radius 1 is 1.10 bits per heavy atom. The maximum atomic E-state index is 12.6. The Morgan fingerprint density at radius 2 is 1.70 bits per heavy atom. The lowest BCUT2D eigenvalue weighted by Crippen LogP contribution is -2.30. The van der Waals surface area contributed by atoms with E-state index in [4.69, 9.17) is 0 Å². The van der Waals surface area contributed by atoms with E-state index in [9.17, 15) is 8.42 Å². The second kappa shape index (κ2) is 5.92. The SMILES string of the molecule is CCN(c1ccncc1)S(=O)(=O)c1ccc(NC)cc1. The van der Waals surface area contributed by atoms with Crippen molar-refractivity contribution in [1.29, 1.82) is 0 Å². The molecule has 0 aliphatic rings. The second-order valence-corrected chi connectivity index (χ2v) is 6.01. The monoisotopic (exact) mass is 291 g/mol. The molecule has 20 heavy (non-hydrogen) atoms. The highest BCUT2D eigenvalue weighted by Crippen LogP contribution is 2.23. The first-order valence-corrected chi connectivity index (χ1v) is 7.74. The number of nitrogens with one attached hydrogen (secondary N) is 1. The molecule has 0 unspecified atom stereocenters. The van der Waals surface area contributed by atoms with E-state index in [2.05, 4.69) is 10.3 Å². The quantitative estimate of drug-likeness (QED) is 0.918. The molecule has 0 fully saturated rings. The van der Waals surface area contributed by atoms with Gasteiger partial charge in [0, 0.05) is 31.7 Å². The lowest BCUT2D eigenvalue weighted by molar-refractivity contribution is 0.592. The molecule has 1 aromatic carbocycles. The summed E-state index contributed by atoms with van der Waals surface area (Å²) < 4.78 is 26.7. The Balaban J connectivity index is 2.41. The largest absolute Gasteiger partial charge is 0.388 e. The molecule has 2 rings (SSSR count). The summed E-state index contributed by atoms with van der Waals surface area (Å²) in [6, 6.07) is 10.1. The molecule has 0 radical (unpaired) electrons. The third kappa shape index (κ3) is 2.75. The number of sulfonamides is 1. The highest BCUT2D eigenvalue weighted by Gasteiger charge is 2.23. The van der Waals surface area contributed by atoms with Crippen molar-refractivity contribution in [3.8, 4) is 0 Å². The van der Waals surface area contributed by atoms with E-state index in [1.54, 1.807) is 62.8 Å². The maximum absolute atomic E-state index is 12.6. The van der Waals surface area contributed by atoms with Crippen LogP contribution in [0.1, 0.15) is 6.92 Å². The lowest BCUT2D eigenvalue weighted by Gasteiger charge is -2.22. The predicted octanol–water partition coefficient (Wildman–Crippen LogP) is 2.34. The maximum Gasteiger partial charge on any atom is 0.264 e. The molecule has 1 aromatic heterocycles. The summed E-state index contributed by atoms with van der Waals surface area (Å²) in [5.74, 6) is 0. The highest BCUT2D eigenvalue weighted by atomic mass is 32.2. The van der Waals surface area contributed by atoms with Crippen LogP contribution in [-0.4, -0.2) is 27.0 Å². The zero-order valence-electron chi connectivity index (χ0n) is 11.4. The molecule has 0 bridgehead atoms. The fourth-order valence-electron chi connectivity index (χ4n) is 1.92. The Hall–Kier alpha value is -2.08. The van der Waals surface area contributed by atoms with Gasteiger partial charge in [-0.2, -0.15) is 0 Å². The van der Waals surface area contributed by atoms with Crippen molar-refractivity contribution in [2.45, 2.75) is 11.8 Å². The van der Waals surface area contributed by atoms with Crippen LogP contribution in [0.15, 0.2) is 53.7 Å². The topological polar surface area (TPSA) is 62.3 Å². The number of rotatable bonds is 5. The summed E-state index contributed by atoms with van der Waals surface area (Å²) in [7, 11) is -1.76. The normalized spacial score (nSPS) is 11.1. The van der Waals surface area contributed by atoms with Gasteiger partial charge >= 0.3 is 0 Å². The van der Waals surface area contributed by atoms with Gasteiger partial charge in [-0.15, -0.1) is 0 Å². The Kier molecular flexibility index (Phi) is 4.24. The zero-order chi connectivity index (χ0) is 14.6. The highest BCUT2D eigenvalue weighted by molar-refractivity contribution is 7.92. The van der Waals surface area contributed by atoms with Crippen molar-refractivity contribution in [1.82, 2.24) is 4.98 Å². The summed E-state index contributed by atoms with van der Waals surface area (Å²) in [4.78, 5) is 4.18. The van der Waals surface area contributed by atoms with Gasteiger partial charge in [0.15, 0.2) is 0 Å². The third-order valence-corrected chi connectivity index (χ3v) is 4.89. The summed E-state index contributed by atoms with van der Waals surface area (Å²) in [5.41, 5.74) is 1.48. The van der Waals surface area contributed by atoms with Crippen LogP contribution in [0.3, 0.4) is 0 Å². The van der Waals surface area contributed by atoms with Crippen LogP contribution in [0.5, 0.6) is 0 Å². The second-order valence-electron chi connectivity index (χ2n) is 4.15. The van der Waals surface area contributed by atoms with E-state index >= 15 is 0 Å². The van der Waals surface area contributed by atoms with Crippen LogP contribution in [0.4, 0.5) is 11.4 Å². The van der Waals surface area contributed by atoms with Crippen LogP contribution in [0.2, 0.25) is 0 Å². The number of anilines is 2. The van der Waals surface area contributed by atoms with Crippen LogP contribution in [0.25, 0.3) is 0 Å². The van der Waals surface area contributed by atoms with E-state index < -0.39 is 10.0 Å². The Bertz CT molecular complexity index is 655. The molecule has 0 saturated carbocycles. The molecule has 1 N–H and O–H groups in total. The molecule has 0 aliphatic carbocycles. The van der Waals surface area contributed by atoms with Crippen molar-refractivity contribution >= 4 is 21.4 Å². The van der Waals surface area contributed by atoms with Gasteiger partial charge in [-0.25, -0.2) is 8.42 Å². The fraction of sp³-hybridized carbons (Fsp3) is 0.214. The van der Waals surface area contributed by atoms with Crippen molar-refractivity contribution in [2.24, 2.45) is 0 Å². The minimum absolute atomic E-state index is 0.273. The molecule has 106 valence electrons. The van der Waals surface area contributed by atoms with Gasteiger partial charge in [0.2, 0.25) is 0 Å². The molecule has 0 saturated heterocycles. The number of hydrogen-bond acceptors (Lipinski definition) is 4. The van der Waals surface area contributed by atoms with Crippen molar-refractivity contribution in [3.05, 3.63) is 48.8 Å². The van der Waals surface area contributed by atoms with Gasteiger partial charge in [-0.3, -0.25) is 9.29 Å². The third-order valence-electron chi connectivity index (χ3n) is 2.97. The minimum Gasteiger partial charge on any atom is -0.388 e. The predicted molar refractivity (Wildman–Crippen MR) is 80.4 cm³/mol. The number of benzene rings is 1. The molecule has 5 nitrogen and oxygen atoms in total. The molecule has 0 spiro atoms. The first-order valence-electron chi connectivity index (χ1n) is 6.30. The van der Waals surface area contributed by atoms with Crippen molar-refractivity contribution in [2.75, 3.05) is 23.2 Å². The smallest absolute Gasteiger partial charge is 0.264 e. The fourth-order valence-corrected chi connectivity index (χ4v) is 3.40. The van der Waals surface area contributed by atoms with Gasteiger partial charge in [-0.1, -0.05) is 0 Å². The van der Waals surface area contributed by atoms with Crippen LogP contribution in [-0.2, 0) is 10.0 Å². The molecule has 0 atom stereocenters. The van der Waals surface area contributed by atoms with Gasteiger partial charge in [0.05, 0.1) is 10.6 Å². The van der Waals surface area contributed by atoms with Crippen LogP contribution < -0.4 is 9.62 Å². The zero-order valence-corrected chi connectivity index (χ0v) is 12.3. The Morgan fingerprint density at radius 3 is 2.20 bits per heavy atom. The molecule has 0 aliphatic heterocycles. The van der Waals surface area contributed by atoms with Crippen molar-refractivity contribution < 1.29 is 8.42 Å². The first kappa shape index (κ1) is 14.3. The van der Waals surface area contributed by atoms with E-state index in [0.717, 1.165) is 5.69 Å². The number of pyridine rings is 1. The number of aromatic nitrogens is 1. The van der Waals surface area contributed by atoms with E-state index in [0.29, 0.717) is 12.2 Å². The minimum atomic E-state index is -3.55. The number of nitrogens with zero attached hydrogens (tertiary/aromatic N) is 2. The van der Waals surface area contributed by atoms with Crippen LogP contribution in [0, 0.1) is 0 Å². The van der Waals surface area contributed by atoms with E-state index in [1.807, 2.05) is 0 Å². The molecule has 0 amide bonds. The molecular formula is C14H17N3O2S. The lowest BCUT2D eigenvalue weighted by atomic mass is 10.3. The van der Waals surface area contributed by atoms with Gasteiger partial charge < -0.3 is 5.32 Å². The average molecular weight is 291 g/mol. The van der Waals surface area contributed by atoms with Crippen molar-refractivity contribution in [3.63, 3.8) is 0 Å². The van der Waals surface area contributed by atoms with E-state index in [1.165, 1.54) is 4.31 Å². The standard InChI is InChI=1S/C14H17N3O2S/c1-3-17(13-8-10-16-11-9-13)20(18,19)14-6-4-12(15-2)5-7-14/h4-11,15H,3H2,1-2H3. The Labute approximate surface area is 119 Å². The summed E-state index contributed by atoms with van der Waals surface area (Å²) in [5, 5.41) is 2.96. The van der Waals surface area contributed by atoms with Gasteiger partial charge in [-0.05, 0) is 43.3 Å². The summed E-state index contributed by atoms with van der Waals surface area (Å²) >= 11 is 0. The van der Waals surface area contributed by atoms with E-state index in [-0.39, 0.29) is 4.90 Å². The average Bonchev–Trinajstić information content (AvgIpc) is 2.49. The molecular weight excluding hydrogens is 274 g/mol.